The van der Waals surface area contributed by atoms with E-state index in [1.165, 1.54) is 0 Å². The van der Waals surface area contributed by atoms with Crippen molar-refractivity contribution < 1.29 is 9.90 Å². The first-order chi connectivity index (χ1) is 6.56. The third-order valence-electron chi connectivity index (χ3n) is 2.09. The molecule has 1 rings (SSSR count). The number of thiophene rings is 1. The molecular formula is C9H12BrNO2S. The van der Waals surface area contributed by atoms with Crippen LogP contribution in [-0.2, 0) is 4.79 Å². The molecule has 78 valence electrons. The maximum atomic E-state index is 10.8. The van der Waals surface area contributed by atoms with Gasteiger partial charge < -0.3 is 10.4 Å². The second-order valence-electron chi connectivity index (χ2n) is 3.06. The summed E-state index contributed by atoms with van der Waals surface area (Å²) in [5, 5.41) is 13.9. The molecule has 1 heterocycles. The summed E-state index contributed by atoms with van der Waals surface area (Å²) >= 11 is 4.91. The van der Waals surface area contributed by atoms with Crippen molar-refractivity contribution in [1.82, 2.24) is 5.32 Å². The summed E-state index contributed by atoms with van der Waals surface area (Å²) in [5.41, 5.74) is 0. The lowest BCUT2D eigenvalue weighted by atomic mass is 10.0. The fraction of sp³-hybridized carbons (Fsp3) is 0.444. The fourth-order valence-corrected chi connectivity index (χ4v) is 2.93. The molecular weight excluding hydrogens is 266 g/mol. The van der Waals surface area contributed by atoms with Crippen LogP contribution >= 0.6 is 27.3 Å². The highest BCUT2D eigenvalue weighted by Gasteiger charge is 2.24. The third kappa shape index (κ3) is 2.56. The highest BCUT2D eigenvalue weighted by atomic mass is 79.9. The van der Waals surface area contributed by atoms with E-state index in [1.54, 1.807) is 25.3 Å². The average molecular weight is 278 g/mol. The van der Waals surface area contributed by atoms with Gasteiger partial charge in [-0.3, -0.25) is 4.79 Å². The van der Waals surface area contributed by atoms with Crippen LogP contribution in [-0.4, -0.2) is 18.1 Å². The molecule has 0 radical (unpaired) electrons. The molecule has 1 aromatic heterocycles. The Labute approximate surface area is 95.3 Å². The molecule has 2 atom stereocenters. The Hall–Kier alpha value is -0.390. The number of carboxylic acids is 1. The summed E-state index contributed by atoms with van der Waals surface area (Å²) in [4.78, 5) is 11.9. The molecule has 0 aliphatic carbocycles. The quantitative estimate of drug-likeness (QED) is 0.889. The lowest BCUT2D eigenvalue weighted by molar-refractivity contribution is -0.142. The molecule has 5 heteroatoms. The molecule has 0 aliphatic rings. The SMILES string of the molecule is CNC(c1cc(Br)cs1)C(C)C(=O)O. The standard InChI is InChI=1S/C9H12BrNO2S/c1-5(9(12)13)8(11-2)7-3-6(10)4-14-7/h3-5,8,11H,1-2H3,(H,12,13). The molecule has 0 aromatic carbocycles. The monoisotopic (exact) mass is 277 g/mol. The molecule has 0 spiro atoms. The van der Waals surface area contributed by atoms with Gasteiger partial charge >= 0.3 is 5.97 Å². The largest absolute Gasteiger partial charge is 0.481 e. The van der Waals surface area contributed by atoms with Gasteiger partial charge in [-0.25, -0.2) is 0 Å². The zero-order valence-corrected chi connectivity index (χ0v) is 10.4. The Bertz CT molecular complexity index is 326. The molecule has 3 nitrogen and oxygen atoms in total. The highest BCUT2D eigenvalue weighted by molar-refractivity contribution is 9.10. The van der Waals surface area contributed by atoms with Crippen molar-refractivity contribution >= 4 is 33.2 Å². The first-order valence-corrected chi connectivity index (χ1v) is 5.87. The minimum absolute atomic E-state index is 0.121. The second kappa shape index (κ2) is 4.91. The summed E-state index contributed by atoms with van der Waals surface area (Å²) in [5.74, 6) is -1.21. The molecule has 0 aliphatic heterocycles. The smallest absolute Gasteiger partial charge is 0.308 e. The van der Waals surface area contributed by atoms with Gasteiger partial charge in [-0.05, 0) is 29.0 Å². The van der Waals surface area contributed by atoms with Gasteiger partial charge in [-0.15, -0.1) is 11.3 Å². The van der Waals surface area contributed by atoms with E-state index in [0.717, 1.165) is 9.35 Å². The van der Waals surface area contributed by atoms with Gasteiger partial charge in [0.05, 0.1) is 12.0 Å². The number of carboxylic acid groups (broad SMARTS) is 1. The Morgan fingerprint density at radius 1 is 1.71 bits per heavy atom. The lowest BCUT2D eigenvalue weighted by Crippen LogP contribution is -2.27. The van der Waals surface area contributed by atoms with Crippen molar-refractivity contribution in [3.05, 3.63) is 20.8 Å². The zero-order chi connectivity index (χ0) is 10.7. The lowest BCUT2D eigenvalue weighted by Gasteiger charge is -2.18. The van der Waals surface area contributed by atoms with Crippen LogP contribution in [0.15, 0.2) is 15.9 Å². The normalized spacial score (nSPS) is 15.1. The van der Waals surface area contributed by atoms with E-state index >= 15 is 0 Å². The van der Waals surface area contributed by atoms with Crippen molar-refractivity contribution in [2.24, 2.45) is 5.92 Å². The van der Waals surface area contributed by atoms with E-state index in [-0.39, 0.29) is 6.04 Å². The van der Waals surface area contributed by atoms with Gasteiger partial charge in [0.25, 0.3) is 0 Å². The van der Waals surface area contributed by atoms with Gasteiger partial charge in [0.2, 0.25) is 0 Å². The van der Waals surface area contributed by atoms with E-state index in [2.05, 4.69) is 21.2 Å². The Morgan fingerprint density at radius 3 is 2.71 bits per heavy atom. The van der Waals surface area contributed by atoms with E-state index in [0.29, 0.717) is 0 Å². The van der Waals surface area contributed by atoms with Crippen LogP contribution in [0.4, 0.5) is 0 Å². The van der Waals surface area contributed by atoms with Gasteiger partial charge in [-0.1, -0.05) is 6.92 Å². The fourth-order valence-electron chi connectivity index (χ4n) is 1.27. The number of hydrogen-bond donors (Lipinski definition) is 2. The Kier molecular flexibility index (Phi) is 4.10. The first kappa shape index (κ1) is 11.7. The average Bonchev–Trinajstić information content (AvgIpc) is 2.53. The van der Waals surface area contributed by atoms with Gasteiger partial charge in [0.1, 0.15) is 0 Å². The predicted octanol–water partition coefficient (Wildman–Crippen LogP) is 2.49. The minimum Gasteiger partial charge on any atom is -0.481 e. The number of aliphatic carboxylic acids is 1. The van der Waals surface area contributed by atoms with Crippen molar-refractivity contribution in [3.63, 3.8) is 0 Å². The summed E-state index contributed by atoms with van der Waals surface area (Å²) in [6, 6.07) is 1.83. The minimum atomic E-state index is -0.783. The second-order valence-corrected chi connectivity index (χ2v) is 4.92. The van der Waals surface area contributed by atoms with Crippen LogP contribution in [0.1, 0.15) is 17.8 Å². The van der Waals surface area contributed by atoms with E-state index in [1.807, 2.05) is 11.4 Å². The molecule has 0 bridgehead atoms. The number of hydrogen-bond acceptors (Lipinski definition) is 3. The van der Waals surface area contributed by atoms with E-state index < -0.39 is 11.9 Å². The summed E-state index contributed by atoms with van der Waals surface area (Å²) < 4.78 is 0.996. The molecule has 0 saturated heterocycles. The van der Waals surface area contributed by atoms with E-state index in [9.17, 15) is 4.79 Å². The Balaban J connectivity index is 2.86. The Morgan fingerprint density at radius 2 is 2.36 bits per heavy atom. The molecule has 2 unspecified atom stereocenters. The van der Waals surface area contributed by atoms with Crippen molar-refractivity contribution in [2.45, 2.75) is 13.0 Å². The van der Waals surface area contributed by atoms with Crippen LogP contribution in [0.5, 0.6) is 0 Å². The van der Waals surface area contributed by atoms with Crippen molar-refractivity contribution in [3.8, 4) is 0 Å². The predicted molar refractivity (Wildman–Crippen MR) is 60.6 cm³/mol. The summed E-state index contributed by atoms with van der Waals surface area (Å²) in [6.45, 7) is 1.71. The molecule has 0 fully saturated rings. The molecule has 0 amide bonds. The van der Waals surface area contributed by atoms with Crippen LogP contribution in [0.2, 0.25) is 0 Å². The number of nitrogens with one attached hydrogen (secondary N) is 1. The molecule has 1 aromatic rings. The van der Waals surface area contributed by atoms with E-state index in [4.69, 9.17) is 5.11 Å². The molecule has 14 heavy (non-hydrogen) atoms. The van der Waals surface area contributed by atoms with Crippen LogP contribution in [0, 0.1) is 5.92 Å². The maximum absolute atomic E-state index is 10.8. The third-order valence-corrected chi connectivity index (χ3v) is 3.87. The van der Waals surface area contributed by atoms with Crippen LogP contribution < -0.4 is 5.32 Å². The van der Waals surface area contributed by atoms with Crippen LogP contribution in [0.3, 0.4) is 0 Å². The molecule has 2 N–H and O–H groups in total. The van der Waals surface area contributed by atoms with Gasteiger partial charge in [0, 0.05) is 14.7 Å². The van der Waals surface area contributed by atoms with Crippen molar-refractivity contribution in [1.29, 1.82) is 0 Å². The summed E-state index contributed by atoms with van der Waals surface area (Å²) in [6.07, 6.45) is 0. The first-order valence-electron chi connectivity index (χ1n) is 4.20. The number of carbonyl (C=O) groups is 1. The van der Waals surface area contributed by atoms with Crippen molar-refractivity contribution in [2.75, 3.05) is 7.05 Å². The topological polar surface area (TPSA) is 49.3 Å². The molecule has 0 saturated carbocycles. The zero-order valence-electron chi connectivity index (χ0n) is 7.95. The van der Waals surface area contributed by atoms with Gasteiger partial charge in [-0.2, -0.15) is 0 Å². The van der Waals surface area contributed by atoms with Crippen LogP contribution in [0.25, 0.3) is 0 Å². The van der Waals surface area contributed by atoms with Gasteiger partial charge in [0.15, 0.2) is 0 Å². The number of rotatable bonds is 4. The number of halogens is 1. The highest BCUT2D eigenvalue weighted by Crippen LogP contribution is 2.29. The summed E-state index contributed by atoms with van der Waals surface area (Å²) in [7, 11) is 1.78. The maximum Gasteiger partial charge on any atom is 0.308 e.